The molecule has 1 aliphatic carbocycles. The zero-order valence-corrected chi connectivity index (χ0v) is 12.5. The van der Waals surface area contributed by atoms with Gasteiger partial charge in [0.25, 0.3) is 0 Å². The Morgan fingerprint density at radius 1 is 1.25 bits per heavy atom. The fourth-order valence-electron chi connectivity index (χ4n) is 3.61. The van der Waals surface area contributed by atoms with Crippen LogP contribution in [-0.2, 0) is 0 Å². The van der Waals surface area contributed by atoms with Crippen molar-refractivity contribution in [1.29, 1.82) is 0 Å². The quantitative estimate of drug-likeness (QED) is 0.769. The van der Waals surface area contributed by atoms with E-state index in [1.807, 2.05) is 12.3 Å². The van der Waals surface area contributed by atoms with Crippen LogP contribution in [0.25, 0.3) is 11.1 Å². The van der Waals surface area contributed by atoms with E-state index in [1.165, 1.54) is 48.2 Å². The van der Waals surface area contributed by atoms with Crippen molar-refractivity contribution in [2.45, 2.75) is 32.6 Å². The van der Waals surface area contributed by atoms with Crippen molar-refractivity contribution in [3.8, 4) is 11.1 Å². The lowest BCUT2D eigenvalue weighted by atomic mass is 9.86. The summed E-state index contributed by atoms with van der Waals surface area (Å²) in [4.78, 5) is 2.49. The van der Waals surface area contributed by atoms with E-state index in [0.717, 1.165) is 6.54 Å². The standard InChI is InChI=1S/C18H23NO/c1-4-8-19-9-5-15(6-10-19)18-14(3)13(2)17-12-20-11-7-16(17)18/h4,7,11-12,15H,1,5-6,8-10H2,2-3H3. The second kappa shape index (κ2) is 5.45. The van der Waals surface area contributed by atoms with Crippen LogP contribution < -0.4 is 0 Å². The summed E-state index contributed by atoms with van der Waals surface area (Å²) < 4.78 is 5.36. The van der Waals surface area contributed by atoms with Gasteiger partial charge in [0.15, 0.2) is 0 Å². The molecule has 0 bridgehead atoms. The zero-order valence-electron chi connectivity index (χ0n) is 12.5. The molecule has 0 spiro atoms. The van der Waals surface area contributed by atoms with Gasteiger partial charge in [-0.3, -0.25) is 4.90 Å². The fraction of sp³-hybridized carbons (Fsp3) is 0.444. The molecule has 0 amide bonds. The summed E-state index contributed by atoms with van der Waals surface area (Å²) in [6, 6.07) is 2.14. The molecule has 0 N–H and O–H groups in total. The number of hydrogen-bond donors (Lipinski definition) is 0. The normalized spacial score (nSPS) is 17.7. The van der Waals surface area contributed by atoms with Crippen LogP contribution in [0.5, 0.6) is 0 Å². The van der Waals surface area contributed by atoms with Gasteiger partial charge in [-0.05, 0) is 74.0 Å². The predicted molar refractivity (Wildman–Crippen MR) is 83.4 cm³/mol. The van der Waals surface area contributed by atoms with Gasteiger partial charge in [0.2, 0.25) is 0 Å². The van der Waals surface area contributed by atoms with Gasteiger partial charge in [-0.25, -0.2) is 0 Å². The molecule has 0 aromatic rings. The van der Waals surface area contributed by atoms with Gasteiger partial charge in [-0.15, -0.1) is 6.58 Å². The average molecular weight is 269 g/mol. The largest absolute Gasteiger partial charge is 0.472 e. The molecular formula is C18H23NO. The predicted octanol–water partition coefficient (Wildman–Crippen LogP) is 4.37. The number of hydrogen-bond acceptors (Lipinski definition) is 2. The maximum Gasteiger partial charge on any atom is 0.0982 e. The van der Waals surface area contributed by atoms with Crippen LogP contribution in [0.15, 0.2) is 35.7 Å². The summed E-state index contributed by atoms with van der Waals surface area (Å²) >= 11 is 0. The first-order chi connectivity index (χ1) is 9.72. The first kappa shape index (κ1) is 13.4. The monoisotopic (exact) mass is 269 g/mol. The van der Waals surface area contributed by atoms with Crippen LogP contribution in [0.4, 0.5) is 0 Å². The Labute approximate surface area is 121 Å². The highest BCUT2D eigenvalue weighted by molar-refractivity contribution is 5.77. The topological polar surface area (TPSA) is 16.4 Å². The minimum atomic E-state index is 0.690. The second-order valence-electron chi connectivity index (χ2n) is 5.91. The summed E-state index contributed by atoms with van der Waals surface area (Å²) in [6.45, 7) is 11.7. The molecule has 0 unspecified atom stereocenters. The molecule has 2 heteroatoms. The highest BCUT2D eigenvalue weighted by Gasteiger charge is 2.27. The Balaban J connectivity index is 1.89. The SMILES string of the molecule is C=CCN1CCC(c2c3ccocc-3c(C)c2C)CC1. The van der Waals surface area contributed by atoms with Crippen molar-refractivity contribution in [3.05, 3.63) is 47.9 Å². The van der Waals surface area contributed by atoms with Crippen molar-refractivity contribution >= 4 is 0 Å². The second-order valence-corrected chi connectivity index (χ2v) is 5.91. The third-order valence-electron chi connectivity index (χ3n) is 4.83. The summed E-state index contributed by atoms with van der Waals surface area (Å²) in [6.07, 6.45) is 8.21. The van der Waals surface area contributed by atoms with Crippen LogP contribution >= 0.6 is 0 Å². The number of piperidine rings is 1. The minimum absolute atomic E-state index is 0.690. The van der Waals surface area contributed by atoms with Crippen molar-refractivity contribution in [1.82, 2.24) is 4.90 Å². The van der Waals surface area contributed by atoms with Gasteiger partial charge < -0.3 is 4.42 Å². The fourth-order valence-corrected chi connectivity index (χ4v) is 3.61. The molecule has 0 aromatic carbocycles. The van der Waals surface area contributed by atoms with Gasteiger partial charge in [-0.1, -0.05) is 6.08 Å². The van der Waals surface area contributed by atoms with Crippen LogP contribution in [0.3, 0.4) is 0 Å². The molecule has 0 aromatic heterocycles. The third kappa shape index (κ3) is 2.18. The summed E-state index contributed by atoms with van der Waals surface area (Å²) in [7, 11) is 0. The van der Waals surface area contributed by atoms with Gasteiger partial charge in [0, 0.05) is 12.1 Å². The highest BCUT2D eigenvalue weighted by Crippen LogP contribution is 2.43. The van der Waals surface area contributed by atoms with Gasteiger partial charge in [0.1, 0.15) is 0 Å². The molecule has 0 saturated carbocycles. The summed E-state index contributed by atoms with van der Waals surface area (Å²) in [5, 5.41) is 0. The number of nitrogens with zero attached hydrogens (tertiary/aromatic N) is 1. The van der Waals surface area contributed by atoms with E-state index in [4.69, 9.17) is 4.42 Å². The third-order valence-corrected chi connectivity index (χ3v) is 4.83. The Morgan fingerprint density at radius 2 is 2.00 bits per heavy atom. The van der Waals surface area contributed by atoms with Gasteiger partial charge in [0.05, 0.1) is 12.5 Å². The van der Waals surface area contributed by atoms with Crippen LogP contribution in [-0.4, -0.2) is 24.5 Å². The lowest BCUT2D eigenvalue weighted by Gasteiger charge is -2.32. The molecule has 2 aliphatic heterocycles. The lowest BCUT2D eigenvalue weighted by Crippen LogP contribution is -2.33. The molecule has 0 radical (unpaired) electrons. The molecule has 1 saturated heterocycles. The van der Waals surface area contributed by atoms with E-state index < -0.39 is 0 Å². The maximum absolute atomic E-state index is 5.36. The number of rotatable bonds is 3. The molecule has 2 heterocycles. The van der Waals surface area contributed by atoms with E-state index in [1.54, 1.807) is 11.8 Å². The van der Waals surface area contributed by atoms with E-state index in [-0.39, 0.29) is 0 Å². The molecule has 3 aliphatic rings. The Bertz CT molecular complexity index is 575. The van der Waals surface area contributed by atoms with E-state index in [0.29, 0.717) is 5.92 Å². The van der Waals surface area contributed by atoms with Crippen molar-refractivity contribution < 1.29 is 4.42 Å². The maximum atomic E-state index is 5.36. The van der Waals surface area contributed by atoms with Crippen molar-refractivity contribution in [2.24, 2.45) is 0 Å². The van der Waals surface area contributed by atoms with E-state index >= 15 is 0 Å². The van der Waals surface area contributed by atoms with Crippen LogP contribution in [0.1, 0.15) is 35.4 Å². The average Bonchev–Trinajstić information content (AvgIpc) is 2.73. The molecule has 20 heavy (non-hydrogen) atoms. The van der Waals surface area contributed by atoms with Crippen molar-refractivity contribution in [2.75, 3.05) is 19.6 Å². The molecule has 2 nitrogen and oxygen atoms in total. The number of likely N-dealkylation sites (tertiary alicyclic amines) is 1. The van der Waals surface area contributed by atoms with Crippen LogP contribution in [0, 0.1) is 13.8 Å². The molecule has 106 valence electrons. The Morgan fingerprint density at radius 3 is 2.70 bits per heavy atom. The van der Waals surface area contributed by atoms with Gasteiger partial charge in [-0.2, -0.15) is 0 Å². The molecular weight excluding hydrogens is 246 g/mol. The Hall–Kier alpha value is -1.54. The van der Waals surface area contributed by atoms with Crippen LogP contribution in [0.2, 0.25) is 0 Å². The Kier molecular flexibility index (Phi) is 3.66. The van der Waals surface area contributed by atoms with E-state index in [9.17, 15) is 0 Å². The first-order valence-electron chi connectivity index (χ1n) is 7.50. The molecule has 3 rings (SSSR count). The zero-order chi connectivity index (χ0) is 14.1. The lowest BCUT2D eigenvalue weighted by molar-refractivity contribution is 0.233. The molecule has 0 atom stereocenters. The van der Waals surface area contributed by atoms with Gasteiger partial charge >= 0.3 is 0 Å². The first-order valence-corrected chi connectivity index (χ1v) is 7.50. The smallest absolute Gasteiger partial charge is 0.0982 e. The van der Waals surface area contributed by atoms with Crippen molar-refractivity contribution in [3.63, 3.8) is 0 Å². The summed E-state index contributed by atoms with van der Waals surface area (Å²) in [5.74, 6) is 0.690. The highest BCUT2D eigenvalue weighted by atomic mass is 16.3. The number of fused-ring (bicyclic) bond motifs is 1. The van der Waals surface area contributed by atoms with E-state index in [2.05, 4.69) is 31.4 Å². The molecule has 1 fully saturated rings. The minimum Gasteiger partial charge on any atom is -0.472 e. The summed E-state index contributed by atoms with van der Waals surface area (Å²) in [5.41, 5.74) is 7.09.